The van der Waals surface area contributed by atoms with Crippen molar-refractivity contribution in [3.63, 3.8) is 0 Å². The van der Waals surface area contributed by atoms with E-state index < -0.39 is 5.97 Å². The van der Waals surface area contributed by atoms with Gasteiger partial charge in [0.2, 0.25) is 0 Å². The van der Waals surface area contributed by atoms with Crippen molar-refractivity contribution in [1.29, 1.82) is 0 Å². The Morgan fingerprint density at radius 1 is 1.30 bits per heavy atom. The van der Waals surface area contributed by atoms with E-state index in [0.29, 0.717) is 18.4 Å². The number of rotatable bonds is 9. The van der Waals surface area contributed by atoms with Crippen molar-refractivity contribution in [1.82, 2.24) is 4.90 Å². The van der Waals surface area contributed by atoms with Gasteiger partial charge in [0.1, 0.15) is 17.9 Å². The van der Waals surface area contributed by atoms with Crippen molar-refractivity contribution in [2.24, 2.45) is 0 Å². The molecule has 5 heteroatoms. The molecule has 5 nitrogen and oxygen atoms in total. The van der Waals surface area contributed by atoms with Crippen LogP contribution in [0.2, 0.25) is 0 Å². The molecule has 2 rings (SSSR count). The molecule has 0 unspecified atom stereocenters. The van der Waals surface area contributed by atoms with Gasteiger partial charge in [-0.3, -0.25) is 4.90 Å². The molecule has 0 heterocycles. The van der Waals surface area contributed by atoms with E-state index in [1.165, 1.54) is 12.8 Å². The van der Waals surface area contributed by atoms with Crippen LogP contribution in [-0.2, 0) is 0 Å². The third-order valence-electron chi connectivity index (χ3n) is 3.42. The summed E-state index contributed by atoms with van der Waals surface area (Å²) in [5, 5.41) is 18.0. The van der Waals surface area contributed by atoms with Crippen molar-refractivity contribution in [2.75, 3.05) is 26.3 Å². The van der Waals surface area contributed by atoms with Gasteiger partial charge < -0.3 is 14.9 Å². The van der Waals surface area contributed by atoms with E-state index in [9.17, 15) is 4.79 Å². The van der Waals surface area contributed by atoms with E-state index >= 15 is 0 Å². The number of hydrogen-bond donors (Lipinski definition) is 2. The normalized spacial score (nSPS) is 14.5. The van der Waals surface area contributed by atoms with Crippen LogP contribution >= 0.6 is 0 Å². The molecule has 0 spiro atoms. The lowest BCUT2D eigenvalue weighted by molar-refractivity contribution is 0.0691. The molecule has 0 saturated heterocycles. The first kappa shape index (κ1) is 14.8. The van der Waals surface area contributed by atoms with E-state index in [1.54, 1.807) is 24.3 Å². The van der Waals surface area contributed by atoms with Gasteiger partial charge in [-0.1, -0.05) is 12.1 Å². The molecule has 1 aromatic rings. The topological polar surface area (TPSA) is 70.0 Å². The fraction of sp³-hybridized carbons (Fsp3) is 0.533. The van der Waals surface area contributed by atoms with Gasteiger partial charge >= 0.3 is 5.97 Å². The van der Waals surface area contributed by atoms with Crippen molar-refractivity contribution in [2.45, 2.75) is 25.3 Å². The summed E-state index contributed by atoms with van der Waals surface area (Å²) in [6.45, 7) is 2.29. The van der Waals surface area contributed by atoms with Crippen LogP contribution in [-0.4, -0.2) is 53.4 Å². The Hall–Kier alpha value is -1.59. The van der Waals surface area contributed by atoms with Crippen molar-refractivity contribution < 1.29 is 19.7 Å². The number of ether oxygens (including phenoxy) is 1. The molecule has 0 atom stereocenters. The first-order valence-corrected chi connectivity index (χ1v) is 7.02. The lowest BCUT2D eigenvalue weighted by atomic mass is 10.2. The maximum atomic E-state index is 11.1. The predicted molar refractivity (Wildman–Crippen MR) is 75.2 cm³/mol. The van der Waals surface area contributed by atoms with Crippen LogP contribution in [0.4, 0.5) is 0 Å². The van der Waals surface area contributed by atoms with Gasteiger partial charge in [0.05, 0.1) is 0 Å². The van der Waals surface area contributed by atoms with Crippen LogP contribution in [0.3, 0.4) is 0 Å². The molecule has 0 aliphatic heterocycles. The number of para-hydroxylation sites is 1. The number of nitrogens with zero attached hydrogens (tertiary/aromatic N) is 1. The van der Waals surface area contributed by atoms with Crippen molar-refractivity contribution in [3.8, 4) is 5.75 Å². The Kier molecular flexibility index (Phi) is 5.38. The molecule has 1 saturated carbocycles. The molecule has 1 fully saturated rings. The molecule has 1 aliphatic carbocycles. The Morgan fingerprint density at radius 2 is 2.05 bits per heavy atom. The molecule has 20 heavy (non-hydrogen) atoms. The fourth-order valence-electron chi connectivity index (χ4n) is 2.23. The molecule has 0 bridgehead atoms. The molecule has 1 aliphatic rings. The summed E-state index contributed by atoms with van der Waals surface area (Å²) in [5.41, 5.74) is 0.195. The number of carboxylic acid groups (broad SMARTS) is 1. The van der Waals surface area contributed by atoms with Gasteiger partial charge in [-0.15, -0.1) is 0 Å². The van der Waals surface area contributed by atoms with E-state index in [1.807, 2.05) is 0 Å². The molecule has 110 valence electrons. The lowest BCUT2D eigenvalue weighted by Crippen LogP contribution is -2.32. The molecule has 2 N–H and O–H groups in total. The minimum absolute atomic E-state index is 0.195. The highest BCUT2D eigenvalue weighted by Gasteiger charge is 2.28. The minimum Gasteiger partial charge on any atom is -0.491 e. The minimum atomic E-state index is -0.972. The van der Waals surface area contributed by atoms with E-state index in [2.05, 4.69) is 4.90 Å². The summed E-state index contributed by atoms with van der Waals surface area (Å²) in [7, 11) is 0. The Labute approximate surface area is 118 Å². The third kappa shape index (κ3) is 4.21. The van der Waals surface area contributed by atoms with Gasteiger partial charge in [-0.2, -0.15) is 0 Å². The first-order valence-electron chi connectivity index (χ1n) is 7.02. The summed E-state index contributed by atoms with van der Waals surface area (Å²) >= 11 is 0. The van der Waals surface area contributed by atoms with E-state index in [-0.39, 0.29) is 12.2 Å². The maximum Gasteiger partial charge on any atom is 0.339 e. The Morgan fingerprint density at radius 3 is 2.70 bits per heavy atom. The average Bonchev–Trinajstić information content (AvgIpc) is 3.27. The number of aromatic carboxylic acids is 1. The number of aliphatic hydroxyl groups excluding tert-OH is 1. The number of aliphatic hydroxyl groups is 1. The van der Waals surface area contributed by atoms with Crippen LogP contribution in [0.1, 0.15) is 29.6 Å². The SMILES string of the molecule is O=C(O)c1ccccc1OCCN(CCCO)C1CC1. The number of carboxylic acids is 1. The molecule has 0 aromatic heterocycles. The zero-order valence-corrected chi connectivity index (χ0v) is 11.5. The van der Waals surface area contributed by atoms with Crippen LogP contribution in [0.25, 0.3) is 0 Å². The zero-order chi connectivity index (χ0) is 14.4. The summed E-state index contributed by atoms with van der Waals surface area (Å²) in [6, 6.07) is 7.29. The van der Waals surface area contributed by atoms with Gasteiger partial charge in [0.25, 0.3) is 0 Å². The highest BCUT2D eigenvalue weighted by molar-refractivity contribution is 5.90. The molecular formula is C15H21NO4. The highest BCUT2D eigenvalue weighted by atomic mass is 16.5. The average molecular weight is 279 g/mol. The van der Waals surface area contributed by atoms with Gasteiger partial charge in [0, 0.05) is 25.7 Å². The van der Waals surface area contributed by atoms with Crippen LogP contribution in [0.15, 0.2) is 24.3 Å². The van der Waals surface area contributed by atoms with Gasteiger partial charge in [0.15, 0.2) is 0 Å². The van der Waals surface area contributed by atoms with Gasteiger partial charge in [-0.05, 0) is 31.4 Å². The lowest BCUT2D eigenvalue weighted by Gasteiger charge is -2.21. The summed E-state index contributed by atoms with van der Waals surface area (Å²) < 4.78 is 5.60. The standard InChI is InChI=1S/C15H21NO4/c17-10-3-8-16(12-6-7-12)9-11-20-14-5-2-1-4-13(14)15(18)19/h1-2,4-5,12,17H,3,6-11H2,(H,18,19). The molecule has 1 aromatic carbocycles. The van der Waals surface area contributed by atoms with Crippen LogP contribution in [0.5, 0.6) is 5.75 Å². The van der Waals surface area contributed by atoms with E-state index in [0.717, 1.165) is 19.5 Å². The molecular weight excluding hydrogens is 258 g/mol. The smallest absolute Gasteiger partial charge is 0.339 e. The zero-order valence-electron chi connectivity index (χ0n) is 11.5. The fourth-order valence-corrected chi connectivity index (χ4v) is 2.23. The summed E-state index contributed by atoms with van der Waals surface area (Å²) in [6.07, 6.45) is 3.18. The van der Waals surface area contributed by atoms with Gasteiger partial charge in [-0.25, -0.2) is 4.79 Å². The van der Waals surface area contributed by atoms with Crippen LogP contribution in [0, 0.1) is 0 Å². The number of carbonyl (C=O) groups is 1. The maximum absolute atomic E-state index is 11.1. The summed E-state index contributed by atoms with van der Waals surface area (Å²) in [4.78, 5) is 13.4. The quantitative estimate of drug-likeness (QED) is 0.718. The van der Waals surface area contributed by atoms with Crippen LogP contribution < -0.4 is 4.74 Å². The monoisotopic (exact) mass is 279 g/mol. The Bertz CT molecular complexity index is 445. The predicted octanol–water partition coefficient (Wildman–Crippen LogP) is 1.61. The Balaban J connectivity index is 1.83. The second-order valence-electron chi connectivity index (χ2n) is 4.99. The van der Waals surface area contributed by atoms with E-state index in [4.69, 9.17) is 14.9 Å². The number of hydrogen-bond acceptors (Lipinski definition) is 4. The molecule has 0 radical (unpaired) electrons. The third-order valence-corrected chi connectivity index (χ3v) is 3.42. The van der Waals surface area contributed by atoms with Crippen molar-refractivity contribution >= 4 is 5.97 Å². The highest BCUT2D eigenvalue weighted by Crippen LogP contribution is 2.26. The largest absolute Gasteiger partial charge is 0.491 e. The summed E-state index contributed by atoms with van der Waals surface area (Å²) in [5.74, 6) is -0.558. The molecule has 0 amide bonds. The second-order valence-corrected chi connectivity index (χ2v) is 4.99. The first-order chi connectivity index (χ1) is 9.72. The number of benzene rings is 1. The second kappa shape index (κ2) is 7.26. The van der Waals surface area contributed by atoms with Crippen molar-refractivity contribution in [3.05, 3.63) is 29.8 Å².